The van der Waals surface area contributed by atoms with Crippen molar-refractivity contribution < 1.29 is 14.5 Å². The molecule has 0 amide bonds. The van der Waals surface area contributed by atoms with Crippen LogP contribution in [-0.2, 0) is 11.8 Å². The predicted molar refractivity (Wildman–Crippen MR) is 74.3 cm³/mol. The van der Waals surface area contributed by atoms with Gasteiger partial charge in [-0.15, -0.1) is 0 Å². The largest absolute Gasteiger partial charge is 0.464 e. The molecule has 0 aliphatic rings. The Bertz CT molecular complexity index is 696. The summed E-state index contributed by atoms with van der Waals surface area (Å²) in [5.41, 5.74) is 0.805. The molecule has 0 N–H and O–H groups in total. The van der Waals surface area contributed by atoms with Crippen molar-refractivity contribution in [2.45, 2.75) is 0 Å². The van der Waals surface area contributed by atoms with Crippen LogP contribution < -0.4 is 0 Å². The maximum Gasteiger partial charge on any atom is 0.354 e. The second-order valence-corrected chi connectivity index (χ2v) is 4.85. The molecule has 7 nitrogen and oxygen atoms in total. The molecule has 2 aromatic rings. The van der Waals surface area contributed by atoms with Gasteiger partial charge in [-0.25, -0.2) is 9.78 Å². The molecule has 20 heavy (non-hydrogen) atoms. The van der Waals surface area contributed by atoms with E-state index in [1.165, 1.54) is 30.0 Å². The van der Waals surface area contributed by atoms with Crippen molar-refractivity contribution >= 4 is 27.6 Å². The second kappa shape index (κ2) is 5.41. The van der Waals surface area contributed by atoms with Crippen LogP contribution in [0.25, 0.3) is 11.4 Å². The van der Waals surface area contributed by atoms with E-state index in [1.807, 2.05) is 0 Å². The average molecular weight is 340 g/mol. The molecule has 0 radical (unpaired) electrons. The Kier molecular flexibility index (Phi) is 3.84. The minimum atomic E-state index is -0.516. The van der Waals surface area contributed by atoms with Gasteiger partial charge in [-0.1, -0.05) is 0 Å². The van der Waals surface area contributed by atoms with Crippen LogP contribution in [0.15, 0.2) is 28.9 Å². The number of esters is 1. The third kappa shape index (κ3) is 2.42. The van der Waals surface area contributed by atoms with E-state index in [-0.39, 0.29) is 11.4 Å². The highest BCUT2D eigenvalue weighted by molar-refractivity contribution is 9.10. The normalized spacial score (nSPS) is 10.3. The first-order valence-corrected chi connectivity index (χ1v) is 6.29. The maximum atomic E-state index is 11.5. The summed E-state index contributed by atoms with van der Waals surface area (Å²) in [6.07, 6.45) is 1.47. The van der Waals surface area contributed by atoms with E-state index in [1.54, 1.807) is 13.1 Å². The number of carbonyl (C=O) groups is 1. The number of hydrogen-bond donors (Lipinski definition) is 0. The summed E-state index contributed by atoms with van der Waals surface area (Å²) >= 11 is 3.15. The Labute approximate surface area is 122 Å². The topological polar surface area (TPSA) is 87.3 Å². The Balaban J connectivity index is 2.61. The first kappa shape index (κ1) is 14.2. The van der Waals surface area contributed by atoms with Crippen molar-refractivity contribution in [3.63, 3.8) is 0 Å². The maximum absolute atomic E-state index is 11.5. The van der Waals surface area contributed by atoms with Crippen molar-refractivity contribution in [3.8, 4) is 11.4 Å². The summed E-state index contributed by atoms with van der Waals surface area (Å²) in [6, 6.07) is 4.50. The summed E-state index contributed by atoms with van der Waals surface area (Å²) in [7, 11) is 2.89. The van der Waals surface area contributed by atoms with Gasteiger partial charge in [0.2, 0.25) is 0 Å². The number of aromatic nitrogens is 2. The zero-order valence-corrected chi connectivity index (χ0v) is 12.2. The smallest absolute Gasteiger partial charge is 0.354 e. The Morgan fingerprint density at radius 1 is 1.50 bits per heavy atom. The van der Waals surface area contributed by atoms with Crippen LogP contribution in [0.5, 0.6) is 0 Å². The molecule has 0 atom stereocenters. The van der Waals surface area contributed by atoms with E-state index in [4.69, 9.17) is 0 Å². The van der Waals surface area contributed by atoms with Crippen LogP contribution in [0.3, 0.4) is 0 Å². The van der Waals surface area contributed by atoms with Gasteiger partial charge in [0.1, 0.15) is 5.69 Å². The molecule has 0 aromatic carbocycles. The van der Waals surface area contributed by atoms with Crippen molar-refractivity contribution in [3.05, 3.63) is 44.7 Å². The Hall–Kier alpha value is -2.22. The van der Waals surface area contributed by atoms with Gasteiger partial charge in [0, 0.05) is 23.8 Å². The van der Waals surface area contributed by atoms with E-state index in [0.29, 0.717) is 15.9 Å². The van der Waals surface area contributed by atoms with Gasteiger partial charge in [0.25, 0.3) is 5.69 Å². The number of ether oxygens (including phenoxy) is 1. The molecule has 0 aliphatic carbocycles. The number of nitro groups is 1. The highest BCUT2D eigenvalue weighted by Crippen LogP contribution is 2.30. The standard InChI is InChI=1S/C12H10BrN3O4/c1-15-8(3-4-9(15)12(17)20-2)11-10(16(18)19)5-7(13)6-14-11/h3-6H,1-2H3. The fraction of sp³-hybridized carbons (Fsp3) is 0.167. The number of pyridine rings is 1. The molecule has 0 aliphatic heterocycles. The Morgan fingerprint density at radius 3 is 2.80 bits per heavy atom. The van der Waals surface area contributed by atoms with E-state index >= 15 is 0 Å². The molecule has 0 bridgehead atoms. The van der Waals surface area contributed by atoms with Crippen LogP contribution >= 0.6 is 15.9 Å². The van der Waals surface area contributed by atoms with E-state index in [9.17, 15) is 14.9 Å². The molecule has 2 rings (SSSR count). The molecular formula is C12H10BrN3O4. The highest BCUT2D eigenvalue weighted by atomic mass is 79.9. The summed E-state index contributed by atoms with van der Waals surface area (Å²) in [5, 5.41) is 11.1. The summed E-state index contributed by atoms with van der Waals surface area (Å²) in [4.78, 5) is 26.2. The van der Waals surface area contributed by atoms with Gasteiger partial charge >= 0.3 is 5.97 Å². The fourth-order valence-electron chi connectivity index (χ4n) is 1.82. The number of hydrogen-bond acceptors (Lipinski definition) is 5. The van der Waals surface area contributed by atoms with Crippen LogP contribution in [-0.4, -0.2) is 27.6 Å². The first-order valence-electron chi connectivity index (χ1n) is 5.50. The third-order valence-electron chi connectivity index (χ3n) is 2.79. The zero-order valence-electron chi connectivity index (χ0n) is 10.7. The van der Waals surface area contributed by atoms with Gasteiger partial charge in [-0.3, -0.25) is 10.1 Å². The number of methoxy groups -OCH3 is 1. The van der Waals surface area contributed by atoms with Gasteiger partial charge in [0.15, 0.2) is 5.69 Å². The molecule has 104 valence electrons. The van der Waals surface area contributed by atoms with E-state index in [2.05, 4.69) is 25.7 Å². The van der Waals surface area contributed by atoms with E-state index in [0.717, 1.165) is 0 Å². The minimum absolute atomic E-state index is 0.142. The summed E-state index contributed by atoms with van der Waals surface area (Å²) in [6.45, 7) is 0. The SMILES string of the molecule is COC(=O)c1ccc(-c2ncc(Br)cc2[N+](=O)[O-])n1C. The molecule has 0 saturated heterocycles. The lowest BCUT2D eigenvalue weighted by atomic mass is 10.2. The van der Waals surface area contributed by atoms with Crippen molar-refractivity contribution in [2.75, 3.05) is 7.11 Å². The molecular weight excluding hydrogens is 330 g/mol. The monoisotopic (exact) mass is 339 g/mol. The quantitative estimate of drug-likeness (QED) is 0.487. The minimum Gasteiger partial charge on any atom is -0.464 e. The van der Waals surface area contributed by atoms with Crippen molar-refractivity contribution in [1.82, 2.24) is 9.55 Å². The summed E-state index contributed by atoms with van der Waals surface area (Å²) in [5.74, 6) is -0.515. The number of nitrogens with zero attached hydrogens (tertiary/aromatic N) is 3. The fourth-order valence-corrected chi connectivity index (χ4v) is 2.14. The van der Waals surface area contributed by atoms with Gasteiger partial charge in [-0.05, 0) is 28.1 Å². The van der Waals surface area contributed by atoms with E-state index < -0.39 is 10.9 Å². The molecule has 0 fully saturated rings. The molecule has 2 aromatic heterocycles. The lowest BCUT2D eigenvalue weighted by molar-refractivity contribution is -0.384. The predicted octanol–water partition coefficient (Wildman–Crippen LogP) is 2.54. The Morgan fingerprint density at radius 2 is 2.20 bits per heavy atom. The van der Waals surface area contributed by atoms with Crippen molar-refractivity contribution in [2.24, 2.45) is 7.05 Å². The highest BCUT2D eigenvalue weighted by Gasteiger charge is 2.22. The van der Waals surface area contributed by atoms with Crippen LogP contribution in [0, 0.1) is 10.1 Å². The molecule has 8 heteroatoms. The van der Waals surface area contributed by atoms with Crippen molar-refractivity contribution in [1.29, 1.82) is 0 Å². The average Bonchev–Trinajstić information content (AvgIpc) is 2.79. The second-order valence-electron chi connectivity index (χ2n) is 3.93. The van der Waals surface area contributed by atoms with Crippen LogP contribution in [0.1, 0.15) is 10.5 Å². The van der Waals surface area contributed by atoms with Crippen LogP contribution in [0.2, 0.25) is 0 Å². The number of halogens is 1. The van der Waals surface area contributed by atoms with Gasteiger partial charge in [0.05, 0.1) is 17.7 Å². The van der Waals surface area contributed by atoms with Gasteiger partial charge < -0.3 is 9.30 Å². The molecule has 0 unspecified atom stereocenters. The third-order valence-corrected chi connectivity index (χ3v) is 3.22. The first-order chi connectivity index (χ1) is 9.45. The number of rotatable bonds is 3. The lowest BCUT2D eigenvalue weighted by Gasteiger charge is -2.06. The lowest BCUT2D eigenvalue weighted by Crippen LogP contribution is -2.08. The van der Waals surface area contributed by atoms with Crippen LogP contribution in [0.4, 0.5) is 5.69 Å². The summed E-state index contributed by atoms with van der Waals surface area (Å²) < 4.78 is 6.66. The molecule has 0 spiro atoms. The molecule has 2 heterocycles. The molecule has 0 saturated carbocycles. The number of carbonyl (C=O) groups excluding carboxylic acids is 1. The zero-order chi connectivity index (χ0) is 14.9. The van der Waals surface area contributed by atoms with Gasteiger partial charge in [-0.2, -0.15) is 0 Å².